The third-order valence-electron chi connectivity index (χ3n) is 4.04. The van der Waals surface area contributed by atoms with Gasteiger partial charge in [0.2, 0.25) is 0 Å². The molecule has 0 aliphatic rings. The number of carboxylic acids is 1. The van der Waals surface area contributed by atoms with Crippen LogP contribution in [0.1, 0.15) is 48.0 Å². The Kier molecular flexibility index (Phi) is 3.54. The van der Waals surface area contributed by atoms with E-state index in [0.29, 0.717) is 12.3 Å². The number of carboxylic acid groups (broad SMARTS) is 1. The summed E-state index contributed by atoms with van der Waals surface area (Å²) in [6, 6.07) is 0. The monoisotopic (exact) mass is 186 g/mol. The zero-order valence-corrected chi connectivity index (χ0v) is 9.64. The summed E-state index contributed by atoms with van der Waals surface area (Å²) in [7, 11) is 0. The van der Waals surface area contributed by atoms with E-state index in [-0.39, 0.29) is 5.41 Å². The lowest BCUT2D eigenvalue weighted by Gasteiger charge is -2.43. The fourth-order valence-corrected chi connectivity index (χ4v) is 1.52. The molecule has 0 radical (unpaired) electrons. The fourth-order valence-electron chi connectivity index (χ4n) is 1.52. The Morgan fingerprint density at radius 3 is 1.77 bits per heavy atom. The van der Waals surface area contributed by atoms with Crippen molar-refractivity contribution >= 4 is 5.97 Å². The minimum atomic E-state index is -0.686. The molecule has 0 aliphatic carbocycles. The Bertz CT molecular complexity index is 194. The van der Waals surface area contributed by atoms with Crippen molar-refractivity contribution < 1.29 is 9.90 Å². The molecule has 0 aliphatic heterocycles. The van der Waals surface area contributed by atoms with Crippen molar-refractivity contribution in [2.45, 2.75) is 48.0 Å². The minimum absolute atomic E-state index is 0.173. The molecule has 0 amide bonds. The zero-order valence-electron chi connectivity index (χ0n) is 9.64. The average molecular weight is 186 g/mol. The van der Waals surface area contributed by atoms with Crippen LogP contribution in [0.4, 0.5) is 0 Å². The standard InChI is InChI=1S/C11H22O2/c1-7-11(6,9(12)13)10(4,5)8(2)3/h8H,7H2,1-6H3,(H,12,13). The van der Waals surface area contributed by atoms with Crippen molar-refractivity contribution in [3.05, 3.63) is 0 Å². The summed E-state index contributed by atoms with van der Waals surface area (Å²) in [4.78, 5) is 11.2. The highest BCUT2D eigenvalue weighted by Gasteiger charge is 2.47. The molecule has 78 valence electrons. The van der Waals surface area contributed by atoms with Crippen LogP contribution in [0.5, 0.6) is 0 Å². The lowest BCUT2D eigenvalue weighted by Crippen LogP contribution is -2.44. The Balaban J connectivity index is 5.07. The van der Waals surface area contributed by atoms with E-state index in [4.69, 9.17) is 0 Å². The van der Waals surface area contributed by atoms with Crippen molar-refractivity contribution in [2.24, 2.45) is 16.7 Å². The SMILES string of the molecule is CCC(C)(C(=O)O)C(C)(C)C(C)C. The van der Waals surface area contributed by atoms with Crippen LogP contribution in [-0.4, -0.2) is 11.1 Å². The number of hydrogen-bond donors (Lipinski definition) is 1. The maximum Gasteiger partial charge on any atom is 0.309 e. The molecule has 1 unspecified atom stereocenters. The van der Waals surface area contributed by atoms with Crippen molar-refractivity contribution in [1.82, 2.24) is 0 Å². The van der Waals surface area contributed by atoms with Crippen LogP contribution in [0.25, 0.3) is 0 Å². The molecule has 0 spiro atoms. The zero-order chi connectivity index (χ0) is 10.9. The van der Waals surface area contributed by atoms with Gasteiger partial charge in [0.15, 0.2) is 0 Å². The first-order chi connectivity index (χ1) is 5.70. The highest BCUT2D eigenvalue weighted by molar-refractivity contribution is 5.75. The number of hydrogen-bond acceptors (Lipinski definition) is 1. The van der Waals surface area contributed by atoms with E-state index in [0.717, 1.165) is 0 Å². The van der Waals surface area contributed by atoms with Crippen LogP contribution in [0.3, 0.4) is 0 Å². The molecule has 0 aromatic rings. The highest BCUT2D eigenvalue weighted by Crippen LogP contribution is 2.46. The predicted octanol–water partition coefficient (Wildman–Crippen LogP) is 3.17. The Hall–Kier alpha value is -0.530. The molecule has 0 bridgehead atoms. The summed E-state index contributed by atoms with van der Waals surface area (Å²) in [6.45, 7) is 12.0. The maximum absolute atomic E-state index is 11.2. The van der Waals surface area contributed by atoms with Crippen molar-refractivity contribution in [2.75, 3.05) is 0 Å². The van der Waals surface area contributed by atoms with Crippen molar-refractivity contribution in [3.8, 4) is 0 Å². The van der Waals surface area contributed by atoms with Gasteiger partial charge >= 0.3 is 5.97 Å². The first kappa shape index (κ1) is 12.5. The lowest BCUT2D eigenvalue weighted by atomic mass is 9.60. The van der Waals surface area contributed by atoms with Crippen LogP contribution in [-0.2, 0) is 4.79 Å². The first-order valence-electron chi connectivity index (χ1n) is 4.93. The van der Waals surface area contributed by atoms with E-state index in [1.54, 1.807) is 0 Å². The highest BCUT2D eigenvalue weighted by atomic mass is 16.4. The van der Waals surface area contributed by atoms with Gasteiger partial charge in [0.05, 0.1) is 5.41 Å². The molecule has 0 heterocycles. The quantitative estimate of drug-likeness (QED) is 0.732. The van der Waals surface area contributed by atoms with E-state index in [2.05, 4.69) is 13.8 Å². The smallest absolute Gasteiger partial charge is 0.309 e. The third kappa shape index (κ3) is 1.87. The number of rotatable bonds is 4. The van der Waals surface area contributed by atoms with E-state index in [9.17, 15) is 9.90 Å². The van der Waals surface area contributed by atoms with Gasteiger partial charge in [-0.15, -0.1) is 0 Å². The summed E-state index contributed by atoms with van der Waals surface area (Å²) in [5.41, 5.74) is -0.797. The minimum Gasteiger partial charge on any atom is -0.481 e. The Morgan fingerprint density at radius 2 is 1.69 bits per heavy atom. The summed E-state index contributed by atoms with van der Waals surface area (Å²) in [6.07, 6.45) is 0.674. The van der Waals surface area contributed by atoms with Crippen LogP contribution >= 0.6 is 0 Å². The third-order valence-corrected chi connectivity index (χ3v) is 4.04. The molecule has 0 aromatic carbocycles. The largest absolute Gasteiger partial charge is 0.481 e. The van der Waals surface area contributed by atoms with Gasteiger partial charge in [-0.3, -0.25) is 4.79 Å². The van der Waals surface area contributed by atoms with Gasteiger partial charge in [-0.1, -0.05) is 34.6 Å². The van der Waals surface area contributed by atoms with Gasteiger partial charge < -0.3 is 5.11 Å². The maximum atomic E-state index is 11.2. The fraction of sp³-hybridized carbons (Fsp3) is 0.909. The summed E-state index contributed by atoms with van der Waals surface area (Å²) in [5.74, 6) is -0.317. The topological polar surface area (TPSA) is 37.3 Å². The molecule has 1 atom stereocenters. The predicted molar refractivity (Wildman–Crippen MR) is 54.7 cm³/mol. The van der Waals surface area contributed by atoms with Crippen molar-refractivity contribution in [3.63, 3.8) is 0 Å². The van der Waals surface area contributed by atoms with Gasteiger partial charge in [0.1, 0.15) is 0 Å². The molecule has 1 N–H and O–H groups in total. The molecule has 0 aromatic heterocycles. The van der Waals surface area contributed by atoms with E-state index in [1.807, 2.05) is 27.7 Å². The normalized spacial score (nSPS) is 17.2. The second-order valence-corrected chi connectivity index (χ2v) is 4.87. The number of carbonyl (C=O) groups is 1. The second-order valence-electron chi connectivity index (χ2n) is 4.87. The van der Waals surface area contributed by atoms with Gasteiger partial charge in [-0.2, -0.15) is 0 Å². The van der Waals surface area contributed by atoms with Gasteiger partial charge in [0.25, 0.3) is 0 Å². The van der Waals surface area contributed by atoms with Crippen molar-refractivity contribution in [1.29, 1.82) is 0 Å². The molecule has 13 heavy (non-hydrogen) atoms. The molecule has 2 heteroatoms. The van der Waals surface area contributed by atoms with Crippen LogP contribution in [0.2, 0.25) is 0 Å². The molecule has 0 rings (SSSR count). The van der Waals surface area contributed by atoms with Crippen LogP contribution < -0.4 is 0 Å². The van der Waals surface area contributed by atoms with E-state index >= 15 is 0 Å². The second kappa shape index (κ2) is 3.69. The van der Waals surface area contributed by atoms with E-state index < -0.39 is 11.4 Å². The van der Waals surface area contributed by atoms with Gasteiger partial charge in [-0.25, -0.2) is 0 Å². The van der Waals surface area contributed by atoms with Crippen LogP contribution in [0, 0.1) is 16.7 Å². The van der Waals surface area contributed by atoms with Crippen LogP contribution in [0.15, 0.2) is 0 Å². The lowest BCUT2D eigenvalue weighted by molar-refractivity contribution is -0.158. The molecular weight excluding hydrogens is 164 g/mol. The molecule has 0 fully saturated rings. The first-order valence-corrected chi connectivity index (χ1v) is 4.93. The molecule has 0 saturated carbocycles. The Morgan fingerprint density at radius 1 is 1.31 bits per heavy atom. The van der Waals surface area contributed by atoms with E-state index in [1.165, 1.54) is 0 Å². The van der Waals surface area contributed by atoms with Gasteiger partial charge in [0, 0.05) is 0 Å². The molecular formula is C11H22O2. The summed E-state index contributed by atoms with van der Waals surface area (Å²) >= 11 is 0. The molecule has 0 saturated heterocycles. The van der Waals surface area contributed by atoms with Gasteiger partial charge in [-0.05, 0) is 24.7 Å². The number of aliphatic carboxylic acids is 1. The Labute approximate surface area is 81.3 Å². The summed E-state index contributed by atoms with van der Waals surface area (Å²) in [5, 5.41) is 9.22. The molecule has 2 nitrogen and oxygen atoms in total. The average Bonchev–Trinajstić information content (AvgIpc) is 2.01. The summed E-state index contributed by atoms with van der Waals surface area (Å²) < 4.78 is 0.